The van der Waals surface area contributed by atoms with Crippen molar-refractivity contribution in [2.75, 3.05) is 17.1 Å². The molecule has 0 bridgehead atoms. The van der Waals surface area contributed by atoms with E-state index in [1.807, 2.05) is 0 Å². The number of hydrogen-bond donors (Lipinski definition) is 1. The Hall–Kier alpha value is -1.24. The van der Waals surface area contributed by atoms with Gasteiger partial charge < -0.3 is 5.73 Å². The zero-order chi connectivity index (χ0) is 14.9. The van der Waals surface area contributed by atoms with Gasteiger partial charge in [-0.2, -0.15) is 0 Å². The van der Waals surface area contributed by atoms with Crippen LogP contribution in [0.1, 0.15) is 0 Å². The number of benzene rings is 2. The number of anilines is 2. The lowest BCUT2D eigenvalue weighted by Gasteiger charge is -2.21. The minimum absolute atomic E-state index is 0.168. The van der Waals surface area contributed by atoms with Crippen LogP contribution < -0.4 is 10.0 Å². The lowest BCUT2D eigenvalue weighted by Crippen LogP contribution is -2.27. The fourth-order valence-corrected chi connectivity index (χ4v) is 4.06. The third-order valence-corrected chi connectivity index (χ3v) is 5.83. The third-order valence-electron chi connectivity index (χ3n) is 2.81. The first-order valence-electron chi connectivity index (χ1n) is 5.62. The summed E-state index contributed by atoms with van der Waals surface area (Å²) < 4.78 is 26.8. The van der Waals surface area contributed by atoms with Gasteiger partial charge in [0.1, 0.15) is 4.90 Å². The lowest BCUT2D eigenvalue weighted by molar-refractivity contribution is 0.594. The maximum absolute atomic E-state index is 12.6. The molecule has 0 aliphatic rings. The van der Waals surface area contributed by atoms with Crippen LogP contribution in [0.2, 0.25) is 5.02 Å². The van der Waals surface area contributed by atoms with E-state index >= 15 is 0 Å². The SMILES string of the molecule is CN(c1cc(Cl)ccc1N)S(=O)(=O)c1ccccc1Br. The molecule has 0 atom stereocenters. The van der Waals surface area contributed by atoms with Gasteiger partial charge in [-0.05, 0) is 46.3 Å². The van der Waals surface area contributed by atoms with Crippen LogP contribution in [0.5, 0.6) is 0 Å². The van der Waals surface area contributed by atoms with Crippen LogP contribution in [0.4, 0.5) is 11.4 Å². The van der Waals surface area contributed by atoms with Crippen LogP contribution in [-0.4, -0.2) is 15.5 Å². The predicted octanol–water partition coefficient (Wildman–Crippen LogP) is 3.51. The largest absolute Gasteiger partial charge is 0.397 e. The van der Waals surface area contributed by atoms with Crippen LogP contribution in [0.3, 0.4) is 0 Å². The van der Waals surface area contributed by atoms with Crippen molar-refractivity contribution in [3.63, 3.8) is 0 Å². The fourth-order valence-electron chi connectivity index (χ4n) is 1.72. The molecule has 0 fully saturated rings. The van der Waals surface area contributed by atoms with Crippen LogP contribution in [0, 0.1) is 0 Å². The maximum atomic E-state index is 12.6. The molecule has 2 rings (SSSR count). The Morgan fingerprint density at radius 1 is 1.20 bits per heavy atom. The van der Waals surface area contributed by atoms with E-state index in [1.165, 1.54) is 19.2 Å². The highest BCUT2D eigenvalue weighted by molar-refractivity contribution is 9.10. The molecule has 0 radical (unpaired) electrons. The number of halogens is 2. The number of nitrogens with two attached hydrogens (primary N) is 1. The average molecular weight is 376 g/mol. The Kier molecular flexibility index (Phi) is 4.27. The van der Waals surface area contributed by atoms with Gasteiger partial charge in [0.25, 0.3) is 10.0 Å². The van der Waals surface area contributed by atoms with Gasteiger partial charge >= 0.3 is 0 Å². The van der Waals surface area contributed by atoms with E-state index in [2.05, 4.69) is 15.9 Å². The fraction of sp³-hybridized carbons (Fsp3) is 0.0769. The zero-order valence-corrected chi connectivity index (χ0v) is 13.7. The first-order chi connectivity index (χ1) is 9.34. The molecule has 2 aromatic rings. The summed E-state index contributed by atoms with van der Waals surface area (Å²) in [5, 5.41) is 0.420. The van der Waals surface area contributed by atoms with Gasteiger partial charge in [-0.3, -0.25) is 4.31 Å². The molecule has 0 amide bonds. The van der Waals surface area contributed by atoms with E-state index in [0.29, 0.717) is 20.9 Å². The van der Waals surface area contributed by atoms with Crippen molar-refractivity contribution in [2.24, 2.45) is 0 Å². The van der Waals surface area contributed by atoms with Gasteiger partial charge in [0.15, 0.2) is 0 Å². The zero-order valence-electron chi connectivity index (χ0n) is 10.5. The Morgan fingerprint density at radius 3 is 2.50 bits per heavy atom. The van der Waals surface area contributed by atoms with Gasteiger partial charge in [0, 0.05) is 16.5 Å². The lowest BCUT2D eigenvalue weighted by atomic mass is 10.3. The Balaban J connectivity index is 2.55. The average Bonchev–Trinajstić information content (AvgIpc) is 2.41. The van der Waals surface area contributed by atoms with Crippen LogP contribution in [0.25, 0.3) is 0 Å². The topological polar surface area (TPSA) is 63.4 Å². The molecule has 0 spiro atoms. The van der Waals surface area contributed by atoms with E-state index < -0.39 is 10.0 Å². The summed E-state index contributed by atoms with van der Waals surface area (Å²) in [6.45, 7) is 0. The first kappa shape index (κ1) is 15.2. The predicted molar refractivity (Wildman–Crippen MR) is 85.6 cm³/mol. The summed E-state index contributed by atoms with van der Waals surface area (Å²) in [6.07, 6.45) is 0. The first-order valence-corrected chi connectivity index (χ1v) is 8.23. The smallest absolute Gasteiger partial charge is 0.265 e. The molecule has 4 nitrogen and oxygen atoms in total. The van der Waals surface area contributed by atoms with Crippen molar-refractivity contribution < 1.29 is 8.42 Å². The summed E-state index contributed by atoms with van der Waals surface area (Å²) in [7, 11) is -2.27. The van der Waals surface area contributed by atoms with Gasteiger partial charge in [-0.25, -0.2) is 8.42 Å². The van der Waals surface area contributed by atoms with Gasteiger partial charge in [0.05, 0.1) is 11.4 Å². The molecule has 0 saturated carbocycles. The second-order valence-corrected chi connectivity index (χ2v) is 7.33. The molecule has 0 aromatic heterocycles. The standard InChI is InChI=1S/C13H12BrClN2O2S/c1-17(12-8-9(15)6-7-11(12)16)20(18,19)13-5-3-2-4-10(13)14/h2-8H,16H2,1H3. The molecule has 106 valence electrons. The van der Waals surface area contributed by atoms with Crippen LogP contribution in [0.15, 0.2) is 51.8 Å². The molecule has 0 aliphatic heterocycles. The second kappa shape index (κ2) is 5.63. The highest BCUT2D eigenvalue weighted by Gasteiger charge is 2.24. The highest BCUT2D eigenvalue weighted by atomic mass is 79.9. The minimum atomic E-state index is -3.71. The summed E-state index contributed by atoms with van der Waals surface area (Å²) in [4.78, 5) is 0.168. The molecule has 0 aliphatic carbocycles. The number of nitrogen functional groups attached to an aromatic ring is 1. The van der Waals surface area contributed by atoms with Crippen LogP contribution >= 0.6 is 27.5 Å². The van der Waals surface area contributed by atoms with Crippen molar-refractivity contribution in [2.45, 2.75) is 4.90 Å². The van der Waals surface area contributed by atoms with Crippen molar-refractivity contribution in [3.8, 4) is 0 Å². The maximum Gasteiger partial charge on any atom is 0.265 e. The van der Waals surface area contributed by atoms with Gasteiger partial charge in [0.2, 0.25) is 0 Å². The Morgan fingerprint density at radius 2 is 1.85 bits per heavy atom. The second-order valence-electron chi connectivity index (χ2n) is 4.11. The molecular formula is C13H12BrClN2O2S. The van der Waals surface area contributed by atoms with Crippen molar-refractivity contribution in [1.82, 2.24) is 0 Å². The normalized spacial score (nSPS) is 11.3. The van der Waals surface area contributed by atoms with Crippen molar-refractivity contribution in [3.05, 3.63) is 52.0 Å². The molecule has 0 unspecified atom stereocenters. The number of hydrogen-bond acceptors (Lipinski definition) is 3. The molecule has 2 aromatic carbocycles. The summed E-state index contributed by atoms with van der Waals surface area (Å²) in [5.74, 6) is 0. The van der Waals surface area contributed by atoms with E-state index in [9.17, 15) is 8.42 Å². The van der Waals surface area contributed by atoms with Crippen molar-refractivity contribution >= 4 is 48.9 Å². The molecule has 2 N–H and O–H groups in total. The molecule has 0 heterocycles. The molecule has 7 heteroatoms. The van der Waals surface area contributed by atoms with E-state index in [-0.39, 0.29) is 4.90 Å². The highest BCUT2D eigenvalue weighted by Crippen LogP contribution is 2.32. The Labute approximate surface area is 131 Å². The summed E-state index contributed by atoms with van der Waals surface area (Å²) in [5.41, 5.74) is 6.51. The number of rotatable bonds is 3. The number of sulfonamides is 1. The van der Waals surface area contributed by atoms with E-state index in [0.717, 1.165) is 4.31 Å². The molecule has 0 saturated heterocycles. The molecular weight excluding hydrogens is 364 g/mol. The Bertz CT molecular complexity index is 750. The van der Waals surface area contributed by atoms with Crippen molar-refractivity contribution in [1.29, 1.82) is 0 Å². The summed E-state index contributed by atoms with van der Waals surface area (Å²) >= 11 is 9.14. The third kappa shape index (κ3) is 2.77. The minimum Gasteiger partial charge on any atom is -0.397 e. The quantitative estimate of drug-likeness (QED) is 0.835. The van der Waals surface area contributed by atoms with E-state index in [1.54, 1.807) is 30.3 Å². The van der Waals surface area contributed by atoms with Gasteiger partial charge in [-0.15, -0.1) is 0 Å². The van der Waals surface area contributed by atoms with Gasteiger partial charge in [-0.1, -0.05) is 23.7 Å². The van der Waals surface area contributed by atoms with E-state index in [4.69, 9.17) is 17.3 Å². The monoisotopic (exact) mass is 374 g/mol. The molecule has 20 heavy (non-hydrogen) atoms. The van der Waals surface area contributed by atoms with Crippen LogP contribution in [-0.2, 0) is 10.0 Å². The number of nitrogens with zero attached hydrogens (tertiary/aromatic N) is 1. The summed E-state index contributed by atoms with van der Waals surface area (Å²) in [6, 6.07) is 11.3.